The monoisotopic (exact) mass is 374 g/mol. The first-order valence-electron chi connectivity index (χ1n) is 7.15. The van der Waals surface area contributed by atoms with Gasteiger partial charge in [0.1, 0.15) is 10.2 Å². The minimum atomic E-state index is -0.495. The Labute approximate surface area is 137 Å². The predicted octanol–water partition coefficient (Wildman–Crippen LogP) is 3.56. The van der Waals surface area contributed by atoms with Crippen molar-refractivity contribution >= 4 is 22.0 Å². The molecule has 2 rings (SSSR count). The van der Waals surface area contributed by atoms with Gasteiger partial charge in [0, 0.05) is 6.04 Å². The van der Waals surface area contributed by atoms with E-state index in [4.69, 9.17) is 9.47 Å². The zero-order valence-electron chi connectivity index (χ0n) is 12.9. The number of nitrogens with one attached hydrogen (secondary N) is 1. The highest BCUT2D eigenvalue weighted by Gasteiger charge is 2.32. The molecule has 0 atom stereocenters. The maximum atomic E-state index is 13.1. The zero-order chi connectivity index (χ0) is 16.3. The lowest BCUT2D eigenvalue weighted by Gasteiger charge is -2.35. The van der Waals surface area contributed by atoms with Gasteiger partial charge in [-0.25, -0.2) is 14.2 Å². The van der Waals surface area contributed by atoms with Crippen LogP contribution >= 0.6 is 15.9 Å². The molecule has 0 bridgehead atoms. The molecule has 0 unspecified atom stereocenters. The maximum Gasteiger partial charge on any atom is 0.407 e. The lowest BCUT2D eigenvalue weighted by molar-refractivity contribution is -0.0302. The van der Waals surface area contributed by atoms with Crippen molar-refractivity contribution in [2.75, 3.05) is 0 Å². The average molecular weight is 375 g/mol. The predicted molar refractivity (Wildman–Crippen MR) is 82.9 cm³/mol. The first-order chi connectivity index (χ1) is 10.2. The highest BCUT2D eigenvalue weighted by atomic mass is 79.9. The summed E-state index contributed by atoms with van der Waals surface area (Å²) in [5, 5.41) is 2.80. The van der Waals surface area contributed by atoms with Crippen molar-refractivity contribution in [1.29, 1.82) is 0 Å². The van der Waals surface area contributed by atoms with Crippen molar-refractivity contribution in [3.8, 4) is 0 Å². The Kier molecular flexibility index (Phi) is 5.39. The van der Waals surface area contributed by atoms with Gasteiger partial charge in [-0.05, 0) is 61.7 Å². The third-order valence-corrected chi connectivity index (χ3v) is 3.70. The van der Waals surface area contributed by atoms with Gasteiger partial charge in [0.15, 0.2) is 5.82 Å². The molecule has 1 aliphatic rings. The van der Waals surface area contributed by atoms with Crippen molar-refractivity contribution in [2.45, 2.75) is 58.0 Å². The van der Waals surface area contributed by atoms with E-state index in [-0.39, 0.29) is 16.7 Å². The number of carbonyl (C=O) groups is 1. The highest BCUT2D eigenvalue weighted by Crippen LogP contribution is 2.25. The molecule has 1 aromatic heterocycles. The standard InChI is InChI=1S/C15H20BrFN2O3/c1-15(2,3)22-14(20)19-10-6-11(7-10)21-8-9-4-5-12(17)13(16)18-9/h4-5,10-11H,6-8H2,1-3H3,(H,19,20). The van der Waals surface area contributed by atoms with E-state index in [1.165, 1.54) is 6.07 Å². The van der Waals surface area contributed by atoms with Gasteiger partial charge < -0.3 is 14.8 Å². The lowest BCUT2D eigenvalue weighted by Crippen LogP contribution is -2.49. The number of aromatic nitrogens is 1. The van der Waals surface area contributed by atoms with Crippen LogP contribution in [0.5, 0.6) is 0 Å². The number of carbonyl (C=O) groups excluding carboxylic acids is 1. The first-order valence-corrected chi connectivity index (χ1v) is 7.94. The third kappa shape index (κ3) is 5.21. The van der Waals surface area contributed by atoms with Crippen molar-refractivity contribution in [3.63, 3.8) is 0 Å². The summed E-state index contributed by atoms with van der Waals surface area (Å²) in [5.74, 6) is -0.394. The molecule has 0 aliphatic heterocycles. The van der Waals surface area contributed by atoms with Crippen LogP contribution in [0.3, 0.4) is 0 Å². The van der Waals surface area contributed by atoms with Gasteiger partial charge in [-0.2, -0.15) is 0 Å². The van der Waals surface area contributed by atoms with Crippen LogP contribution in [-0.2, 0) is 16.1 Å². The van der Waals surface area contributed by atoms with Crippen LogP contribution in [0.1, 0.15) is 39.3 Å². The summed E-state index contributed by atoms with van der Waals surface area (Å²) in [5.41, 5.74) is 0.169. The van der Waals surface area contributed by atoms with Crippen LogP contribution < -0.4 is 5.32 Å². The molecule has 0 radical (unpaired) electrons. The maximum absolute atomic E-state index is 13.1. The molecule has 1 heterocycles. The fourth-order valence-electron chi connectivity index (χ4n) is 2.03. The van der Waals surface area contributed by atoms with Gasteiger partial charge in [0.25, 0.3) is 0 Å². The van der Waals surface area contributed by atoms with Gasteiger partial charge >= 0.3 is 6.09 Å². The molecule has 1 N–H and O–H groups in total. The number of ether oxygens (including phenoxy) is 2. The van der Waals surface area contributed by atoms with Gasteiger partial charge in [0.2, 0.25) is 0 Å². The summed E-state index contributed by atoms with van der Waals surface area (Å²) in [7, 11) is 0. The van der Waals surface area contributed by atoms with E-state index in [1.54, 1.807) is 6.07 Å². The summed E-state index contributed by atoms with van der Waals surface area (Å²) >= 11 is 3.04. The van der Waals surface area contributed by atoms with Gasteiger partial charge in [0.05, 0.1) is 18.4 Å². The Bertz CT molecular complexity index is 542. The molecule has 7 heteroatoms. The summed E-state index contributed by atoms with van der Waals surface area (Å²) in [4.78, 5) is 15.6. The Hall–Kier alpha value is -1.21. The molecule has 0 spiro atoms. The van der Waals surface area contributed by atoms with Crippen molar-refractivity contribution in [1.82, 2.24) is 10.3 Å². The van der Waals surface area contributed by atoms with Crippen molar-refractivity contribution < 1.29 is 18.7 Å². The SMILES string of the molecule is CC(C)(C)OC(=O)NC1CC(OCc2ccc(F)c(Br)n2)C1. The van der Waals surface area contributed by atoms with Gasteiger partial charge in [-0.1, -0.05) is 0 Å². The summed E-state index contributed by atoms with van der Waals surface area (Å²) < 4.78 is 24.1. The first kappa shape index (κ1) is 17.1. The lowest BCUT2D eigenvalue weighted by atomic mass is 9.89. The fraction of sp³-hybridized carbons (Fsp3) is 0.600. The van der Waals surface area contributed by atoms with E-state index < -0.39 is 17.5 Å². The Morgan fingerprint density at radius 3 is 2.73 bits per heavy atom. The summed E-state index contributed by atoms with van der Waals surface area (Å²) in [6.45, 7) is 5.80. The Morgan fingerprint density at radius 1 is 1.45 bits per heavy atom. The topological polar surface area (TPSA) is 60.5 Å². The smallest absolute Gasteiger partial charge is 0.407 e. The minimum absolute atomic E-state index is 0.0746. The van der Waals surface area contributed by atoms with Crippen LogP contribution in [0.4, 0.5) is 9.18 Å². The normalized spacial score (nSPS) is 21.1. The van der Waals surface area contributed by atoms with Gasteiger partial charge in [-0.15, -0.1) is 0 Å². The average Bonchev–Trinajstić information content (AvgIpc) is 2.33. The van der Waals surface area contributed by atoms with Crippen LogP contribution in [0.2, 0.25) is 0 Å². The molecular formula is C15H20BrFN2O3. The second-order valence-electron chi connectivity index (χ2n) is 6.32. The molecule has 1 aliphatic carbocycles. The third-order valence-electron chi connectivity index (χ3n) is 3.14. The molecule has 122 valence electrons. The van der Waals surface area contributed by atoms with Crippen LogP contribution in [-0.4, -0.2) is 28.8 Å². The van der Waals surface area contributed by atoms with E-state index in [9.17, 15) is 9.18 Å². The number of amides is 1. The number of alkyl carbamates (subject to hydrolysis) is 1. The molecular weight excluding hydrogens is 355 g/mol. The summed E-state index contributed by atoms with van der Waals surface area (Å²) in [6, 6.07) is 3.02. The zero-order valence-corrected chi connectivity index (χ0v) is 14.4. The highest BCUT2D eigenvalue weighted by molar-refractivity contribution is 9.10. The van der Waals surface area contributed by atoms with E-state index in [0.29, 0.717) is 12.3 Å². The molecule has 0 aromatic carbocycles. The Morgan fingerprint density at radius 2 is 2.14 bits per heavy atom. The Balaban J connectivity index is 1.67. The summed E-state index contributed by atoms with van der Waals surface area (Å²) in [6.07, 6.45) is 1.15. The van der Waals surface area contributed by atoms with Gasteiger partial charge in [-0.3, -0.25) is 0 Å². The molecule has 1 amide bonds. The van der Waals surface area contributed by atoms with E-state index >= 15 is 0 Å². The van der Waals surface area contributed by atoms with E-state index in [2.05, 4.69) is 26.2 Å². The number of halogens is 2. The van der Waals surface area contributed by atoms with Crippen molar-refractivity contribution in [3.05, 3.63) is 28.2 Å². The minimum Gasteiger partial charge on any atom is -0.444 e. The molecule has 0 saturated heterocycles. The van der Waals surface area contributed by atoms with E-state index in [1.807, 2.05) is 20.8 Å². The molecule has 1 aromatic rings. The molecule has 5 nitrogen and oxygen atoms in total. The second kappa shape index (κ2) is 6.91. The molecule has 1 fully saturated rings. The van der Waals surface area contributed by atoms with Crippen LogP contribution in [0.15, 0.2) is 16.7 Å². The van der Waals surface area contributed by atoms with Crippen molar-refractivity contribution in [2.24, 2.45) is 0 Å². The quantitative estimate of drug-likeness (QED) is 0.818. The number of hydrogen-bond donors (Lipinski definition) is 1. The molecule has 1 saturated carbocycles. The number of pyridine rings is 1. The second-order valence-corrected chi connectivity index (χ2v) is 7.07. The fourth-order valence-corrected chi connectivity index (χ4v) is 2.39. The number of nitrogens with zero attached hydrogens (tertiary/aromatic N) is 1. The van der Waals surface area contributed by atoms with Crippen LogP contribution in [0.25, 0.3) is 0 Å². The molecule has 22 heavy (non-hydrogen) atoms. The number of hydrogen-bond acceptors (Lipinski definition) is 4. The largest absolute Gasteiger partial charge is 0.444 e. The number of rotatable bonds is 4. The van der Waals surface area contributed by atoms with Crippen LogP contribution in [0, 0.1) is 5.82 Å². The van der Waals surface area contributed by atoms with E-state index in [0.717, 1.165) is 12.8 Å².